The molecule has 0 unspecified atom stereocenters. The van der Waals surface area contributed by atoms with Gasteiger partial charge in [0.25, 0.3) is 0 Å². The van der Waals surface area contributed by atoms with Gasteiger partial charge in [0.05, 0.1) is 18.1 Å². The number of hydrogen-bond donors (Lipinski definition) is 1. The summed E-state index contributed by atoms with van der Waals surface area (Å²) in [5.74, 6) is 0.624. The average molecular weight is 207 g/mol. The Morgan fingerprint density at radius 3 is 2.60 bits per heavy atom. The first-order chi connectivity index (χ1) is 7.38. The number of aromatic nitrogens is 2. The van der Waals surface area contributed by atoms with Crippen molar-refractivity contribution in [2.45, 2.75) is 44.8 Å². The predicted octanol–water partition coefficient (Wildman–Crippen LogP) is 1.65. The number of nitrogens with zero attached hydrogens (tertiary/aromatic N) is 2. The summed E-state index contributed by atoms with van der Waals surface area (Å²) in [6.45, 7) is 0.427. The molecule has 0 amide bonds. The van der Waals surface area contributed by atoms with E-state index in [4.69, 9.17) is 10.5 Å². The van der Waals surface area contributed by atoms with Crippen LogP contribution in [-0.4, -0.2) is 16.1 Å². The van der Waals surface area contributed by atoms with Crippen LogP contribution in [0.5, 0.6) is 5.88 Å². The molecule has 0 spiro atoms. The third kappa shape index (κ3) is 2.89. The second kappa shape index (κ2) is 5.07. The summed E-state index contributed by atoms with van der Waals surface area (Å²) >= 11 is 0. The maximum atomic E-state index is 5.74. The molecular formula is C11H17N3O. The highest BCUT2D eigenvalue weighted by molar-refractivity contribution is 5.07. The summed E-state index contributed by atoms with van der Waals surface area (Å²) in [6.07, 6.45) is 9.81. The maximum absolute atomic E-state index is 5.74. The van der Waals surface area contributed by atoms with Crippen molar-refractivity contribution in [1.82, 2.24) is 9.97 Å². The lowest BCUT2D eigenvalue weighted by Gasteiger charge is -2.22. The number of ether oxygens (including phenoxy) is 1. The van der Waals surface area contributed by atoms with E-state index in [1.54, 1.807) is 12.4 Å². The van der Waals surface area contributed by atoms with Crippen LogP contribution in [0.25, 0.3) is 0 Å². The fourth-order valence-corrected chi connectivity index (χ4v) is 1.86. The molecule has 15 heavy (non-hydrogen) atoms. The standard InChI is InChI=1S/C11H17N3O/c12-6-9-7-14-11(8-13-9)15-10-4-2-1-3-5-10/h7-8,10H,1-6,12H2. The summed E-state index contributed by atoms with van der Waals surface area (Å²) in [6, 6.07) is 0. The fourth-order valence-electron chi connectivity index (χ4n) is 1.86. The van der Waals surface area contributed by atoms with Gasteiger partial charge in [0.15, 0.2) is 0 Å². The highest BCUT2D eigenvalue weighted by atomic mass is 16.5. The van der Waals surface area contributed by atoms with E-state index in [0.717, 1.165) is 18.5 Å². The summed E-state index contributed by atoms with van der Waals surface area (Å²) in [5, 5.41) is 0. The molecule has 0 bridgehead atoms. The quantitative estimate of drug-likeness (QED) is 0.818. The molecule has 0 aliphatic heterocycles. The lowest BCUT2D eigenvalue weighted by Crippen LogP contribution is -2.20. The van der Waals surface area contributed by atoms with Gasteiger partial charge in [-0.1, -0.05) is 6.42 Å². The van der Waals surface area contributed by atoms with Gasteiger partial charge in [0.2, 0.25) is 5.88 Å². The van der Waals surface area contributed by atoms with Crippen molar-refractivity contribution < 1.29 is 4.74 Å². The Bertz CT molecular complexity index is 293. The molecule has 4 heteroatoms. The Hall–Kier alpha value is -1.16. The van der Waals surface area contributed by atoms with Crippen LogP contribution >= 0.6 is 0 Å². The summed E-state index contributed by atoms with van der Waals surface area (Å²) in [4.78, 5) is 8.33. The van der Waals surface area contributed by atoms with Gasteiger partial charge in [-0.3, -0.25) is 4.98 Å². The van der Waals surface area contributed by atoms with Gasteiger partial charge in [-0.2, -0.15) is 0 Å². The highest BCUT2D eigenvalue weighted by Gasteiger charge is 2.15. The van der Waals surface area contributed by atoms with Crippen molar-refractivity contribution in [3.8, 4) is 5.88 Å². The zero-order chi connectivity index (χ0) is 10.5. The molecule has 4 nitrogen and oxygen atoms in total. The molecule has 82 valence electrons. The minimum Gasteiger partial charge on any atom is -0.473 e. The molecule has 1 aromatic rings. The predicted molar refractivity (Wildman–Crippen MR) is 57.4 cm³/mol. The third-order valence-electron chi connectivity index (χ3n) is 2.73. The second-order valence-electron chi connectivity index (χ2n) is 3.93. The van der Waals surface area contributed by atoms with E-state index >= 15 is 0 Å². The van der Waals surface area contributed by atoms with Crippen LogP contribution in [0.15, 0.2) is 12.4 Å². The van der Waals surface area contributed by atoms with Crippen molar-refractivity contribution >= 4 is 0 Å². The molecule has 1 aliphatic carbocycles. The van der Waals surface area contributed by atoms with Crippen molar-refractivity contribution in [3.05, 3.63) is 18.1 Å². The highest BCUT2D eigenvalue weighted by Crippen LogP contribution is 2.21. The van der Waals surface area contributed by atoms with Crippen LogP contribution < -0.4 is 10.5 Å². The van der Waals surface area contributed by atoms with Gasteiger partial charge in [-0.15, -0.1) is 0 Å². The molecule has 0 radical (unpaired) electrons. The van der Waals surface area contributed by atoms with Gasteiger partial charge in [0, 0.05) is 6.54 Å². The SMILES string of the molecule is NCc1cnc(OC2CCCCC2)cn1. The van der Waals surface area contributed by atoms with Crippen molar-refractivity contribution in [2.24, 2.45) is 5.73 Å². The monoisotopic (exact) mass is 207 g/mol. The molecule has 1 heterocycles. The minimum absolute atomic E-state index is 0.330. The van der Waals surface area contributed by atoms with Gasteiger partial charge in [0.1, 0.15) is 6.10 Å². The van der Waals surface area contributed by atoms with Crippen LogP contribution in [0.2, 0.25) is 0 Å². The summed E-state index contributed by atoms with van der Waals surface area (Å²) in [5.41, 5.74) is 6.24. The molecule has 0 aromatic carbocycles. The van der Waals surface area contributed by atoms with Crippen LogP contribution in [0, 0.1) is 0 Å². The summed E-state index contributed by atoms with van der Waals surface area (Å²) in [7, 11) is 0. The van der Waals surface area contributed by atoms with Gasteiger partial charge in [-0.05, 0) is 25.7 Å². The lowest BCUT2D eigenvalue weighted by molar-refractivity contribution is 0.148. The first-order valence-corrected chi connectivity index (χ1v) is 5.56. The number of rotatable bonds is 3. The van der Waals surface area contributed by atoms with E-state index in [0.29, 0.717) is 18.5 Å². The first-order valence-electron chi connectivity index (χ1n) is 5.56. The zero-order valence-electron chi connectivity index (χ0n) is 8.85. The van der Waals surface area contributed by atoms with Crippen molar-refractivity contribution in [3.63, 3.8) is 0 Å². The molecule has 1 fully saturated rings. The van der Waals surface area contributed by atoms with Crippen LogP contribution in [0.1, 0.15) is 37.8 Å². The molecule has 1 saturated carbocycles. The zero-order valence-corrected chi connectivity index (χ0v) is 8.85. The van der Waals surface area contributed by atoms with Gasteiger partial charge < -0.3 is 10.5 Å². The Morgan fingerprint density at radius 1 is 1.20 bits per heavy atom. The molecule has 2 rings (SSSR count). The molecule has 0 atom stereocenters. The maximum Gasteiger partial charge on any atom is 0.232 e. The van der Waals surface area contributed by atoms with E-state index < -0.39 is 0 Å². The molecule has 2 N–H and O–H groups in total. The topological polar surface area (TPSA) is 61.0 Å². The van der Waals surface area contributed by atoms with E-state index in [-0.39, 0.29) is 0 Å². The van der Waals surface area contributed by atoms with E-state index in [1.807, 2.05) is 0 Å². The number of nitrogens with two attached hydrogens (primary N) is 1. The molecule has 1 aliphatic rings. The Morgan fingerprint density at radius 2 is 2.00 bits per heavy atom. The van der Waals surface area contributed by atoms with E-state index in [9.17, 15) is 0 Å². The number of hydrogen-bond acceptors (Lipinski definition) is 4. The molecule has 1 aromatic heterocycles. The Labute approximate surface area is 89.9 Å². The largest absolute Gasteiger partial charge is 0.473 e. The van der Waals surface area contributed by atoms with E-state index in [2.05, 4.69) is 9.97 Å². The average Bonchev–Trinajstić information content (AvgIpc) is 2.31. The summed E-state index contributed by atoms with van der Waals surface area (Å²) < 4.78 is 5.74. The third-order valence-corrected chi connectivity index (χ3v) is 2.73. The minimum atomic E-state index is 0.330. The first kappa shape index (κ1) is 10.4. The van der Waals surface area contributed by atoms with Crippen LogP contribution in [0.4, 0.5) is 0 Å². The van der Waals surface area contributed by atoms with Crippen LogP contribution in [-0.2, 0) is 6.54 Å². The van der Waals surface area contributed by atoms with Gasteiger partial charge >= 0.3 is 0 Å². The van der Waals surface area contributed by atoms with Crippen molar-refractivity contribution in [1.29, 1.82) is 0 Å². The van der Waals surface area contributed by atoms with E-state index in [1.165, 1.54) is 19.3 Å². The van der Waals surface area contributed by atoms with Gasteiger partial charge in [-0.25, -0.2) is 4.98 Å². The Balaban J connectivity index is 1.91. The lowest BCUT2D eigenvalue weighted by atomic mass is 9.98. The smallest absolute Gasteiger partial charge is 0.232 e. The Kier molecular flexibility index (Phi) is 3.50. The second-order valence-corrected chi connectivity index (χ2v) is 3.93. The normalized spacial score (nSPS) is 17.7. The fraction of sp³-hybridized carbons (Fsp3) is 0.636. The van der Waals surface area contributed by atoms with Crippen LogP contribution in [0.3, 0.4) is 0 Å². The molecular weight excluding hydrogens is 190 g/mol. The van der Waals surface area contributed by atoms with Crippen molar-refractivity contribution in [2.75, 3.05) is 0 Å². The molecule has 0 saturated heterocycles.